The van der Waals surface area contributed by atoms with Gasteiger partial charge in [0.1, 0.15) is 18.1 Å². The van der Waals surface area contributed by atoms with Gasteiger partial charge in [0.05, 0.1) is 30.4 Å². The predicted octanol–water partition coefficient (Wildman–Crippen LogP) is 3.91. The molecule has 0 N–H and O–H groups in total. The lowest BCUT2D eigenvalue weighted by atomic mass is 10.3. The third-order valence-electron chi connectivity index (χ3n) is 3.46. The third-order valence-corrected chi connectivity index (χ3v) is 4.27. The summed E-state index contributed by atoms with van der Waals surface area (Å²) in [5.74, 6) is 0.0316. The molecule has 3 aromatic heterocycles. The van der Waals surface area contributed by atoms with Crippen molar-refractivity contribution in [3.05, 3.63) is 42.2 Å². The summed E-state index contributed by atoms with van der Waals surface area (Å²) in [5.41, 5.74) is 0.609. The quantitative estimate of drug-likeness (QED) is 0.555. The van der Waals surface area contributed by atoms with Crippen molar-refractivity contribution >= 4 is 17.7 Å². The fourth-order valence-corrected chi connectivity index (χ4v) is 2.90. The summed E-state index contributed by atoms with van der Waals surface area (Å²) in [6.07, 6.45) is -1.73. The van der Waals surface area contributed by atoms with Gasteiger partial charge in [-0.2, -0.15) is 13.2 Å². The van der Waals surface area contributed by atoms with Crippen LogP contribution < -0.4 is 0 Å². The van der Waals surface area contributed by atoms with Crippen LogP contribution in [-0.2, 0) is 11.3 Å². The molecule has 0 aliphatic rings. The lowest BCUT2D eigenvalue weighted by Crippen LogP contribution is -2.39. The molecule has 0 unspecified atom stereocenters. The van der Waals surface area contributed by atoms with E-state index in [1.54, 1.807) is 13.0 Å². The molecule has 0 aromatic carbocycles. The molecule has 27 heavy (non-hydrogen) atoms. The van der Waals surface area contributed by atoms with Crippen LogP contribution in [0.2, 0.25) is 0 Å². The van der Waals surface area contributed by atoms with Gasteiger partial charge in [-0.25, -0.2) is 0 Å². The van der Waals surface area contributed by atoms with Crippen LogP contribution >= 0.6 is 11.8 Å². The number of aryl methyl sites for hydroxylation is 1. The summed E-state index contributed by atoms with van der Waals surface area (Å²) in [4.78, 5) is 12.9. The molecule has 0 saturated carbocycles. The van der Waals surface area contributed by atoms with Crippen molar-refractivity contribution in [3.8, 4) is 11.5 Å². The molecule has 0 spiro atoms. The number of hydrogen-bond acceptors (Lipinski definition) is 7. The van der Waals surface area contributed by atoms with Crippen molar-refractivity contribution in [2.45, 2.75) is 24.9 Å². The summed E-state index contributed by atoms with van der Waals surface area (Å²) >= 11 is 0.859. The average molecular weight is 401 g/mol. The van der Waals surface area contributed by atoms with Gasteiger partial charge < -0.3 is 18.2 Å². The topological polar surface area (TPSA) is 85.5 Å². The molecule has 0 radical (unpaired) electrons. The van der Waals surface area contributed by atoms with E-state index in [1.807, 2.05) is 0 Å². The maximum atomic E-state index is 12.8. The molecule has 0 aliphatic carbocycles. The number of amides is 1. The zero-order chi connectivity index (χ0) is 19.4. The van der Waals surface area contributed by atoms with E-state index >= 15 is 0 Å². The lowest BCUT2D eigenvalue weighted by Gasteiger charge is -2.22. The van der Waals surface area contributed by atoms with Gasteiger partial charge in [0.2, 0.25) is 5.91 Å². The summed E-state index contributed by atoms with van der Waals surface area (Å²) < 4.78 is 53.9. The van der Waals surface area contributed by atoms with Gasteiger partial charge in [-0.15, -0.1) is 10.2 Å². The Hall–Kier alpha value is -2.69. The normalized spacial score (nSPS) is 11.7. The zero-order valence-corrected chi connectivity index (χ0v) is 14.8. The number of halogens is 3. The molecule has 144 valence electrons. The summed E-state index contributed by atoms with van der Waals surface area (Å²) in [6, 6.07) is 4.69. The van der Waals surface area contributed by atoms with Crippen LogP contribution in [0.15, 0.2) is 49.2 Å². The minimum absolute atomic E-state index is 0.0731. The maximum Gasteiger partial charge on any atom is 0.406 e. The van der Waals surface area contributed by atoms with Crippen molar-refractivity contribution in [3.63, 3.8) is 0 Å². The van der Waals surface area contributed by atoms with Gasteiger partial charge >= 0.3 is 6.18 Å². The Morgan fingerprint density at radius 2 is 2.04 bits per heavy atom. The number of aromatic nitrogens is 2. The molecule has 3 rings (SSSR count). The van der Waals surface area contributed by atoms with Gasteiger partial charge in [0.15, 0.2) is 0 Å². The second kappa shape index (κ2) is 7.91. The van der Waals surface area contributed by atoms with Gasteiger partial charge in [-0.3, -0.25) is 4.79 Å². The highest BCUT2D eigenvalue weighted by Gasteiger charge is 2.33. The molecular weight excluding hydrogens is 387 g/mol. The van der Waals surface area contributed by atoms with Crippen molar-refractivity contribution in [1.82, 2.24) is 15.1 Å². The summed E-state index contributed by atoms with van der Waals surface area (Å²) in [6.45, 7) is 0.0606. The first-order chi connectivity index (χ1) is 12.8. The number of hydrogen-bond donors (Lipinski definition) is 0. The van der Waals surface area contributed by atoms with Crippen LogP contribution in [0.5, 0.6) is 0 Å². The second-order valence-electron chi connectivity index (χ2n) is 5.50. The molecule has 0 atom stereocenters. The Labute approximate surface area is 155 Å². The Kier molecular flexibility index (Phi) is 5.59. The van der Waals surface area contributed by atoms with Crippen LogP contribution in [0.3, 0.4) is 0 Å². The fraction of sp³-hybridized carbons (Fsp3) is 0.312. The third kappa shape index (κ3) is 5.16. The molecule has 0 saturated heterocycles. The van der Waals surface area contributed by atoms with Crippen molar-refractivity contribution in [2.75, 3.05) is 12.3 Å². The largest absolute Gasteiger partial charge is 0.469 e. The van der Waals surface area contributed by atoms with Crippen LogP contribution in [0, 0.1) is 6.92 Å². The van der Waals surface area contributed by atoms with Crippen LogP contribution in [0.1, 0.15) is 11.5 Å². The highest BCUT2D eigenvalue weighted by molar-refractivity contribution is 7.99. The summed E-state index contributed by atoms with van der Waals surface area (Å²) in [7, 11) is 0. The van der Waals surface area contributed by atoms with Crippen LogP contribution in [-0.4, -0.2) is 39.5 Å². The Balaban J connectivity index is 1.63. The van der Waals surface area contributed by atoms with Crippen molar-refractivity contribution in [1.29, 1.82) is 0 Å². The van der Waals surface area contributed by atoms with E-state index in [4.69, 9.17) is 13.3 Å². The Morgan fingerprint density at radius 1 is 1.22 bits per heavy atom. The van der Waals surface area contributed by atoms with E-state index < -0.39 is 18.6 Å². The minimum atomic E-state index is -4.52. The zero-order valence-electron chi connectivity index (χ0n) is 14.0. The molecule has 1 amide bonds. The molecule has 3 heterocycles. The van der Waals surface area contributed by atoms with E-state index in [-0.39, 0.29) is 29.2 Å². The molecule has 7 nitrogen and oxygen atoms in total. The van der Waals surface area contributed by atoms with E-state index in [2.05, 4.69) is 10.2 Å². The van der Waals surface area contributed by atoms with E-state index in [0.717, 1.165) is 11.8 Å². The fourth-order valence-electron chi connectivity index (χ4n) is 2.24. The van der Waals surface area contributed by atoms with Gasteiger partial charge in [-0.1, -0.05) is 11.8 Å². The number of thioether (sulfide) groups is 1. The maximum absolute atomic E-state index is 12.8. The summed E-state index contributed by atoms with van der Waals surface area (Å²) in [5, 5.41) is 7.71. The monoisotopic (exact) mass is 401 g/mol. The van der Waals surface area contributed by atoms with Gasteiger partial charge in [0.25, 0.3) is 11.1 Å². The number of carbonyl (C=O) groups is 1. The van der Waals surface area contributed by atoms with Gasteiger partial charge in [0, 0.05) is 0 Å². The number of rotatable bonds is 7. The van der Waals surface area contributed by atoms with Crippen molar-refractivity contribution < 1.29 is 31.2 Å². The van der Waals surface area contributed by atoms with E-state index in [1.165, 1.54) is 24.7 Å². The highest BCUT2D eigenvalue weighted by atomic mass is 32.2. The Bertz CT molecular complexity index is 889. The number of carbonyl (C=O) groups excluding carboxylic acids is 1. The van der Waals surface area contributed by atoms with E-state index in [0.29, 0.717) is 16.2 Å². The minimum Gasteiger partial charge on any atom is -0.469 e. The first kappa shape index (κ1) is 19.1. The number of alkyl halides is 3. The molecule has 11 heteroatoms. The second-order valence-corrected chi connectivity index (χ2v) is 6.42. The molecule has 0 fully saturated rings. The van der Waals surface area contributed by atoms with Crippen molar-refractivity contribution in [2.24, 2.45) is 0 Å². The van der Waals surface area contributed by atoms with Crippen LogP contribution in [0.25, 0.3) is 11.5 Å². The molecule has 0 bridgehead atoms. The Morgan fingerprint density at radius 3 is 2.67 bits per heavy atom. The van der Waals surface area contributed by atoms with Crippen LogP contribution in [0.4, 0.5) is 13.2 Å². The first-order valence-corrected chi connectivity index (χ1v) is 8.68. The lowest BCUT2D eigenvalue weighted by molar-refractivity contribution is -0.161. The average Bonchev–Trinajstić information content (AvgIpc) is 3.32. The van der Waals surface area contributed by atoms with E-state index in [9.17, 15) is 18.0 Å². The molecular formula is C16H14F3N3O4S. The molecule has 3 aromatic rings. The number of nitrogens with zero attached hydrogens (tertiary/aromatic N) is 3. The molecule has 0 aliphatic heterocycles. The SMILES string of the molecule is Cc1occc1-c1nnc(SCC(=O)N(Cc2ccco2)CC(F)(F)F)o1. The highest BCUT2D eigenvalue weighted by Crippen LogP contribution is 2.27. The predicted molar refractivity (Wildman–Crippen MR) is 87.6 cm³/mol. The smallest absolute Gasteiger partial charge is 0.406 e. The standard InChI is InChI=1S/C16H14F3N3O4S/c1-10-12(4-6-24-10)14-20-21-15(26-14)27-8-13(23)22(9-16(17,18)19)7-11-3-2-5-25-11/h2-6H,7-9H2,1H3. The van der Waals surface area contributed by atoms with Gasteiger partial charge in [-0.05, 0) is 25.1 Å². The number of furan rings is 2. The first-order valence-electron chi connectivity index (χ1n) is 7.69.